The summed E-state index contributed by atoms with van der Waals surface area (Å²) in [4.78, 5) is 26.9. The monoisotopic (exact) mass is 302 g/mol. The van der Waals surface area contributed by atoms with Gasteiger partial charge in [-0.1, -0.05) is 29.5 Å². The van der Waals surface area contributed by atoms with Gasteiger partial charge in [0.2, 0.25) is 5.91 Å². The van der Waals surface area contributed by atoms with Crippen molar-refractivity contribution >= 4 is 29.3 Å². The highest BCUT2D eigenvalue weighted by Crippen LogP contribution is 2.20. The van der Waals surface area contributed by atoms with E-state index in [9.17, 15) is 9.59 Å². The molecule has 108 valence electrons. The van der Waals surface area contributed by atoms with Crippen LogP contribution in [0.3, 0.4) is 0 Å². The van der Waals surface area contributed by atoms with E-state index in [0.29, 0.717) is 10.7 Å². The fourth-order valence-corrected chi connectivity index (χ4v) is 2.42. The fraction of sp³-hybridized carbons (Fsp3) is 0.133. The number of carboxylic acid groups (broad SMARTS) is 1. The largest absolute Gasteiger partial charge is 0.478 e. The van der Waals surface area contributed by atoms with Gasteiger partial charge in [0.1, 0.15) is 5.03 Å². The summed E-state index contributed by atoms with van der Waals surface area (Å²) in [5.74, 6) is -1.15. The predicted octanol–water partition coefficient (Wildman–Crippen LogP) is 2.82. The number of aromatic carboxylic acids is 1. The van der Waals surface area contributed by atoms with Crippen LogP contribution in [0.5, 0.6) is 0 Å². The highest BCUT2D eigenvalue weighted by atomic mass is 32.2. The first kappa shape index (κ1) is 15.1. The molecule has 1 heterocycles. The first-order valence-corrected chi connectivity index (χ1v) is 7.22. The minimum Gasteiger partial charge on any atom is -0.478 e. The van der Waals surface area contributed by atoms with Crippen molar-refractivity contribution in [2.45, 2.75) is 11.9 Å². The van der Waals surface area contributed by atoms with Crippen LogP contribution >= 0.6 is 11.8 Å². The summed E-state index contributed by atoms with van der Waals surface area (Å²) < 4.78 is 0. The van der Waals surface area contributed by atoms with Crippen molar-refractivity contribution in [1.29, 1.82) is 0 Å². The minimum absolute atomic E-state index is 0.102. The molecule has 5 nitrogen and oxygen atoms in total. The summed E-state index contributed by atoms with van der Waals surface area (Å²) >= 11 is 1.10. The van der Waals surface area contributed by atoms with Gasteiger partial charge in [0.05, 0.1) is 11.3 Å². The van der Waals surface area contributed by atoms with Gasteiger partial charge in [-0.3, -0.25) is 4.79 Å². The quantitative estimate of drug-likeness (QED) is 0.830. The molecule has 2 aromatic rings. The average molecular weight is 302 g/mol. The van der Waals surface area contributed by atoms with Crippen molar-refractivity contribution in [3.63, 3.8) is 0 Å². The fourth-order valence-electron chi connectivity index (χ4n) is 1.64. The Kier molecular flexibility index (Phi) is 4.94. The highest BCUT2D eigenvalue weighted by molar-refractivity contribution is 8.00. The Hall–Kier alpha value is -2.34. The molecule has 1 aromatic heterocycles. The molecule has 0 bridgehead atoms. The number of benzene rings is 1. The molecular weight excluding hydrogens is 288 g/mol. The molecule has 6 heteroatoms. The lowest BCUT2D eigenvalue weighted by Gasteiger charge is -2.06. The number of anilines is 1. The van der Waals surface area contributed by atoms with Gasteiger partial charge in [0, 0.05) is 11.9 Å². The second kappa shape index (κ2) is 6.90. The van der Waals surface area contributed by atoms with Crippen LogP contribution in [-0.2, 0) is 4.79 Å². The molecule has 1 amide bonds. The summed E-state index contributed by atoms with van der Waals surface area (Å²) in [5, 5.41) is 12.1. The average Bonchev–Trinajstić information content (AvgIpc) is 2.48. The van der Waals surface area contributed by atoms with E-state index in [1.165, 1.54) is 12.3 Å². The van der Waals surface area contributed by atoms with Gasteiger partial charge >= 0.3 is 5.97 Å². The molecule has 1 aromatic carbocycles. The number of amides is 1. The van der Waals surface area contributed by atoms with Crippen molar-refractivity contribution in [1.82, 2.24) is 4.98 Å². The van der Waals surface area contributed by atoms with Crippen LogP contribution in [0.4, 0.5) is 5.69 Å². The summed E-state index contributed by atoms with van der Waals surface area (Å²) in [6.45, 7) is 1.97. The molecule has 0 fully saturated rings. The lowest BCUT2D eigenvalue weighted by molar-refractivity contribution is -0.113. The smallest absolute Gasteiger partial charge is 0.338 e. The van der Waals surface area contributed by atoms with E-state index >= 15 is 0 Å². The third kappa shape index (κ3) is 4.32. The van der Waals surface area contributed by atoms with Crippen LogP contribution in [0.1, 0.15) is 15.9 Å². The zero-order valence-electron chi connectivity index (χ0n) is 11.4. The number of hydrogen-bond acceptors (Lipinski definition) is 4. The number of carbonyl (C=O) groups is 2. The van der Waals surface area contributed by atoms with Gasteiger partial charge in [-0.05, 0) is 31.2 Å². The number of carbonyl (C=O) groups excluding carboxylic acids is 1. The zero-order chi connectivity index (χ0) is 15.2. The number of carboxylic acids is 1. The molecule has 0 spiro atoms. The molecule has 2 rings (SSSR count). The van der Waals surface area contributed by atoms with Crippen molar-refractivity contribution in [2.75, 3.05) is 11.1 Å². The number of aryl methyl sites for hydroxylation is 1. The topological polar surface area (TPSA) is 79.3 Å². The minimum atomic E-state index is -1.05. The van der Waals surface area contributed by atoms with Gasteiger partial charge in [-0.2, -0.15) is 0 Å². The molecule has 0 aliphatic rings. The SMILES string of the molecule is Cc1ccc(NC(=O)CSc2ncccc2C(=O)O)cc1. The van der Waals surface area contributed by atoms with Crippen LogP contribution < -0.4 is 5.32 Å². The Bertz CT molecular complexity index is 656. The van der Waals surface area contributed by atoms with E-state index in [2.05, 4.69) is 10.3 Å². The normalized spacial score (nSPS) is 10.1. The summed E-state index contributed by atoms with van der Waals surface area (Å²) in [7, 11) is 0. The maximum absolute atomic E-state index is 11.8. The van der Waals surface area contributed by atoms with Gasteiger partial charge in [-0.15, -0.1) is 0 Å². The van der Waals surface area contributed by atoms with Crippen LogP contribution in [0.25, 0.3) is 0 Å². The Labute approximate surface area is 126 Å². The third-order valence-electron chi connectivity index (χ3n) is 2.68. The second-order valence-electron chi connectivity index (χ2n) is 4.36. The van der Waals surface area contributed by atoms with E-state index in [0.717, 1.165) is 17.3 Å². The van der Waals surface area contributed by atoms with Crippen LogP contribution in [0.15, 0.2) is 47.6 Å². The molecule has 0 aliphatic heterocycles. The van der Waals surface area contributed by atoms with Gasteiger partial charge < -0.3 is 10.4 Å². The lowest BCUT2D eigenvalue weighted by atomic mass is 10.2. The highest BCUT2D eigenvalue weighted by Gasteiger charge is 2.12. The number of hydrogen-bond donors (Lipinski definition) is 2. The Morgan fingerprint density at radius 1 is 1.24 bits per heavy atom. The maximum atomic E-state index is 11.8. The van der Waals surface area contributed by atoms with Crippen LogP contribution in [0, 0.1) is 6.92 Å². The van der Waals surface area contributed by atoms with Crippen molar-refractivity contribution < 1.29 is 14.7 Å². The number of aromatic nitrogens is 1. The Morgan fingerprint density at radius 2 is 1.95 bits per heavy atom. The second-order valence-corrected chi connectivity index (χ2v) is 5.33. The van der Waals surface area contributed by atoms with E-state index in [1.807, 2.05) is 31.2 Å². The molecule has 0 aliphatic carbocycles. The summed E-state index contributed by atoms with van der Waals surface area (Å²) in [5.41, 5.74) is 1.93. The van der Waals surface area contributed by atoms with Gasteiger partial charge in [-0.25, -0.2) is 9.78 Å². The summed E-state index contributed by atoms with van der Waals surface area (Å²) in [6.07, 6.45) is 1.51. The van der Waals surface area contributed by atoms with Crippen molar-refractivity contribution in [2.24, 2.45) is 0 Å². The maximum Gasteiger partial charge on any atom is 0.338 e. The zero-order valence-corrected chi connectivity index (χ0v) is 12.2. The van der Waals surface area contributed by atoms with Crippen molar-refractivity contribution in [3.05, 3.63) is 53.7 Å². The van der Waals surface area contributed by atoms with Crippen LogP contribution in [0.2, 0.25) is 0 Å². The molecule has 0 radical (unpaired) electrons. The number of thioether (sulfide) groups is 1. The standard InChI is InChI=1S/C15H14N2O3S/c1-10-4-6-11(7-5-10)17-13(18)9-21-14-12(15(19)20)3-2-8-16-14/h2-8H,9H2,1H3,(H,17,18)(H,19,20). The van der Waals surface area contributed by atoms with E-state index < -0.39 is 5.97 Å². The predicted molar refractivity (Wildman–Crippen MR) is 81.7 cm³/mol. The third-order valence-corrected chi connectivity index (χ3v) is 3.68. The molecule has 0 atom stereocenters. The number of nitrogens with zero attached hydrogens (tertiary/aromatic N) is 1. The molecule has 2 N–H and O–H groups in total. The molecule has 0 unspecified atom stereocenters. The Balaban J connectivity index is 1.95. The molecule has 21 heavy (non-hydrogen) atoms. The van der Waals surface area contributed by atoms with Gasteiger partial charge in [0.15, 0.2) is 0 Å². The molecule has 0 saturated heterocycles. The lowest BCUT2D eigenvalue weighted by Crippen LogP contribution is -2.14. The van der Waals surface area contributed by atoms with Gasteiger partial charge in [0.25, 0.3) is 0 Å². The van der Waals surface area contributed by atoms with E-state index in [-0.39, 0.29) is 17.2 Å². The Morgan fingerprint density at radius 3 is 2.62 bits per heavy atom. The number of pyridine rings is 1. The summed E-state index contributed by atoms with van der Waals surface area (Å²) in [6, 6.07) is 10.5. The van der Waals surface area contributed by atoms with Crippen LogP contribution in [-0.4, -0.2) is 27.7 Å². The first-order chi connectivity index (χ1) is 10.1. The van der Waals surface area contributed by atoms with Crippen molar-refractivity contribution in [3.8, 4) is 0 Å². The van der Waals surface area contributed by atoms with E-state index in [1.54, 1.807) is 6.07 Å². The molecule has 0 saturated carbocycles. The van der Waals surface area contributed by atoms with E-state index in [4.69, 9.17) is 5.11 Å². The number of rotatable bonds is 5. The molecular formula is C15H14N2O3S. The first-order valence-electron chi connectivity index (χ1n) is 6.24. The number of nitrogens with one attached hydrogen (secondary N) is 1.